The van der Waals surface area contributed by atoms with E-state index in [0.717, 1.165) is 0 Å². The fourth-order valence-corrected chi connectivity index (χ4v) is 2.49. The van der Waals surface area contributed by atoms with Gasteiger partial charge in [0, 0.05) is 17.5 Å². The molecule has 0 N–H and O–H groups in total. The van der Waals surface area contributed by atoms with Crippen molar-refractivity contribution in [1.29, 1.82) is 0 Å². The van der Waals surface area contributed by atoms with E-state index in [9.17, 15) is 9.59 Å². The minimum atomic E-state index is -1.46. The Morgan fingerprint density at radius 3 is 2.11 bits per heavy atom. The van der Waals surface area contributed by atoms with E-state index in [-0.39, 0.29) is 12.5 Å². The third-order valence-electron chi connectivity index (χ3n) is 3.26. The van der Waals surface area contributed by atoms with Crippen molar-refractivity contribution in [3.63, 3.8) is 0 Å². The van der Waals surface area contributed by atoms with Crippen molar-refractivity contribution in [2.75, 3.05) is 14.2 Å². The lowest BCUT2D eigenvalue weighted by molar-refractivity contribution is -0.163. The second-order valence-corrected chi connectivity index (χ2v) is 5.62. The zero-order valence-corrected chi connectivity index (χ0v) is 12.1. The molecule has 0 amide bonds. The summed E-state index contributed by atoms with van der Waals surface area (Å²) in [5, 5.41) is 0. The molecule has 1 aliphatic rings. The van der Waals surface area contributed by atoms with Gasteiger partial charge < -0.3 is 9.47 Å². The van der Waals surface area contributed by atoms with Crippen LogP contribution in [-0.2, 0) is 19.1 Å². The molecule has 0 aromatic carbocycles. The normalized spacial score (nSPS) is 21.5. The average molecular weight is 267 g/mol. The van der Waals surface area contributed by atoms with Crippen LogP contribution >= 0.6 is 0 Å². The maximum Gasteiger partial charge on any atom is 0.329 e. The fraction of sp³-hybridized carbons (Fsp3) is 0.643. The topological polar surface area (TPSA) is 65.0 Å². The lowest BCUT2D eigenvalue weighted by atomic mass is 9.70. The third-order valence-corrected chi connectivity index (χ3v) is 3.26. The summed E-state index contributed by atoms with van der Waals surface area (Å²) < 4.78 is 9.65. The predicted molar refractivity (Wildman–Crippen MR) is 72.0 cm³/mol. The van der Waals surface area contributed by atoms with Crippen molar-refractivity contribution in [2.45, 2.75) is 33.2 Å². The monoisotopic (exact) mass is 267 g/mol. The van der Waals surface area contributed by atoms with Crippen LogP contribution in [0.2, 0.25) is 0 Å². The first-order valence-corrected chi connectivity index (χ1v) is 6.12. The summed E-state index contributed by atoms with van der Waals surface area (Å²) in [5.41, 5.74) is -1.41. The molecule has 0 fully saturated rings. The van der Waals surface area contributed by atoms with Gasteiger partial charge in [0.25, 0.3) is 0 Å². The molecule has 1 unspecified atom stereocenters. The Hall–Kier alpha value is -1.65. The molecule has 0 aromatic rings. The fourth-order valence-electron chi connectivity index (χ4n) is 2.49. The number of nitrogens with zero attached hydrogens (tertiary/aromatic N) is 1. The zero-order chi connectivity index (χ0) is 14.8. The molecule has 0 saturated heterocycles. The molecule has 0 bridgehead atoms. The molecular formula is C14H21NO4. The second kappa shape index (κ2) is 5.15. The highest BCUT2D eigenvalue weighted by atomic mass is 16.5. The molecule has 0 radical (unpaired) electrons. The minimum absolute atomic E-state index is 0.211. The Kier molecular flexibility index (Phi) is 4.18. The van der Waals surface area contributed by atoms with Crippen molar-refractivity contribution in [3.05, 3.63) is 12.7 Å². The number of esters is 2. The van der Waals surface area contributed by atoms with E-state index >= 15 is 0 Å². The number of methoxy groups -OCH3 is 2. The van der Waals surface area contributed by atoms with E-state index in [1.165, 1.54) is 14.2 Å². The van der Waals surface area contributed by atoms with Gasteiger partial charge in [-0.25, -0.2) is 0 Å². The summed E-state index contributed by atoms with van der Waals surface area (Å²) in [6.45, 7) is 9.39. The van der Waals surface area contributed by atoms with Crippen LogP contribution in [0, 0.1) is 10.8 Å². The summed E-state index contributed by atoms with van der Waals surface area (Å²) in [7, 11) is 2.52. The molecule has 0 aliphatic carbocycles. The lowest BCUT2D eigenvalue weighted by Gasteiger charge is -2.31. The molecule has 5 heteroatoms. The summed E-state index contributed by atoms with van der Waals surface area (Å²) in [4.78, 5) is 28.9. The Morgan fingerprint density at radius 2 is 1.79 bits per heavy atom. The molecule has 0 spiro atoms. The van der Waals surface area contributed by atoms with Crippen LogP contribution in [0.1, 0.15) is 27.2 Å². The Balaban J connectivity index is 3.45. The molecule has 1 heterocycles. The van der Waals surface area contributed by atoms with E-state index in [4.69, 9.17) is 9.47 Å². The van der Waals surface area contributed by atoms with Gasteiger partial charge in [0.15, 0.2) is 0 Å². The quantitative estimate of drug-likeness (QED) is 0.444. The van der Waals surface area contributed by atoms with Crippen LogP contribution in [0.3, 0.4) is 0 Å². The van der Waals surface area contributed by atoms with Gasteiger partial charge in [-0.15, -0.1) is 6.58 Å². The van der Waals surface area contributed by atoms with Crippen LogP contribution in [0.4, 0.5) is 0 Å². The Morgan fingerprint density at radius 1 is 1.32 bits per heavy atom. The van der Waals surface area contributed by atoms with Crippen molar-refractivity contribution >= 4 is 17.7 Å². The first kappa shape index (κ1) is 15.4. The van der Waals surface area contributed by atoms with Crippen LogP contribution in [0.15, 0.2) is 17.6 Å². The number of carbonyl (C=O) groups excluding carboxylic acids is 2. The van der Waals surface area contributed by atoms with Gasteiger partial charge in [-0.2, -0.15) is 0 Å². The first-order valence-electron chi connectivity index (χ1n) is 6.12. The number of hydrogen-bond donors (Lipinski definition) is 0. The molecular weight excluding hydrogens is 246 g/mol. The van der Waals surface area contributed by atoms with Gasteiger partial charge in [-0.05, 0) is 0 Å². The first-order chi connectivity index (χ1) is 8.73. The lowest BCUT2D eigenvalue weighted by Crippen LogP contribution is -2.50. The van der Waals surface area contributed by atoms with Gasteiger partial charge >= 0.3 is 11.9 Å². The van der Waals surface area contributed by atoms with Crippen LogP contribution in [0.5, 0.6) is 0 Å². The number of hydrogen-bond acceptors (Lipinski definition) is 5. The Bertz CT molecular complexity index is 415. The molecule has 19 heavy (non-hydrogen) atoms. The van der Waals surface area contributed by atoms with E-state index in [1.54, 1.807) is 6.08 Å². The van der Waals surface area contributed by atoms with E-state index in [1.807, 2.05) is 20.8 Å². The van der Waals surface area contributed by atoms with Gasteiger partial charge in [-0.3, -0.25) is 14.6 Å². The average Bonchev–Trinajstić information content (AvgIpc) is 2.77. The number of ether oxygens (including phenoxy) is 2. The second-order valence-electron chi connectivity index (χ2n) is 5.62. The largest absolute Gasteiger partial charge is 0.468 e. The standard InChI is InChI=1S/C14H21NO4/c1-7-9-8-14(11(16)18-5,12(17)19-6)10(15-9)13(2,3)4/h7,9H,1,8H2,2-6H3. The third kappa shape index (κ3) is 2.41. The SMILES string of the molecule is C=CC1CC(C(=O)OC)(C(=O)OC)C(C(C)(C)C)=N1. The highest BCUT2D eigenvalue weighted by Gasteiger charge is 2.59. The summed E-state index contributed by atoms with van der Waals surface area (Å²) in [5.74, 6) is -1.25. The molecule has 1 atom stereocenters. The Labute approximate surface area is 113 Å². The number of carbonyl (C=O) groups is 2. The highest BCUT2D eigenvalue weighted by molar-refractivity contribution is 6.24. The zero-order valence-electron chi connectivity index (χ0n) is 12.1. The van der Waals surface area contributed by atoms with E-state index in [2.05, 4.69) is 11.6 Å². The highest BCUT2D eigenvalue weighted by Crippen LogP contribution is 2.43. The minimum Gasteiger partial charge on any atom is -0.468 e. The van der Waals surface area contributed by atoms with E-state index in [0.29, 0.717) is 5.71 Å². The van der Waals surface area contributed by atoms with E-state index < -0.39 is 22.8 Å². The van der Waals surface area contributed by atoms with Gasteiger partial charge in [0.2, 0.25) is 5.41 Å². The van der Waals surface area contributed by atoms with Crippen LogP contribution in [0.25, 0.3) is 0 Å². The van der Waals surface area contributed by atoms with Crippen molar-refractivity contribution < 1.29 is 19.1 Å². The van der Waals surface area contributed by atoms with Gasteiger partial charge in [0.1, 0.15) is 0 Å². The number of rotatable bonds is 3. The van der Waals surface area contributed by atoms with Crippen molar-refractivity contribution in [1.82, 2.24) is 0 Å². The smallest absolute Gasteiger partial charge is 0.329 e. The molecule has 106 valence electrons. The summed E-state index contributed by atoms with van der Waals surface area (Å²) in [6, 6.07) is -0.285. The van der Waals surface area contributed by atoms with Crippen molar-refractivity contribution in [3.8, 4) is 0 Å². The molecule has 0 aromatic heterocycles. The van der Waals surface area contributed by atoms with Gasteiger partial charge in [-0.1, -0.05) is 26.8 Å². The molecule has 1 aliphatic heterocycles. The predicted octanol–water partition coefficient (Wildman–Crippen LogP) is 1.76. The summed E-state index contributed by atoms with van der Waals surface area (Å²) in [6.07, 6.45) is 1.84. The van der Waals surface area contributed by atoms with Crippen LogP contribution < -0.4 is 0 Å². The number of aliphatic imine (C=N–C) groups is 1. The summed E-state index contributed by atoms with van der Waals surface area (Å²) >= 11 is 0. The maximum atomic E-state index is 12.2. The maximum absolute atomic E-state index is 12.2. The van der Waals surface area contributed by atoms with Gasteiger partial charge in [0.05, 0.1) is 20.3 Å². The van der Waals surface area contributed by atoms with Crippen LogP contribution in [-0.4, -0.2) is 37.9 Å². The molecule has 0 saturated carbocycles. The van der Waals surface area contributed by atoms with Crippen molar-refractivity contribution in [2.24, 2.45) is 15.8 Å². The molecule has 5 nitrogen and oxygen atoms in total. The molecule has 1 rings (SSSR count).